The molecule has 1 aliphatic carbocycles. The first-order valence-electron chi connectivity index (χ1n) is 10.5. The van der Waals surface area contributed by atoms with Crippen molar-refractivity contribution in [2.24, 2.45) is 0 Å². The van der Waals surface area contributed by atoms with Crippen molar-refractivity contribution in [2.75, 3.05) is 24.3 Å². The molecule has 9 heteroatoms. The summed E-state index contributed by atoms with van der Waals surface area (Å²) in [4.78, 5) is 19.0. The van der Waals surface area contributed by atoms with Crippen molar-refractivity contribution >= 4 is 27.5 Å². The molecule has 4 rings (SSSR count). The number of thioether (sulfide) groups is 1. The van der Waals surface area contributed by atoms with E-state index >= 15 is 0 Å². The molecule has 2 fully saturated rings. The van der Waals surface area contributed by atoms with E-state index in [-0.39, 0.29) is 29.2 Å². The molecule has 0 N–H and O–H groups in total. The van der Waals surface area contributed by atoms with Crippen LogP contribution in [0.25, 0.3) is 5.69 Å². The summed E-state index contributed by atoms with van der Waals surface area (Å²) < 4.78 is 25.3. The molecular weight excluding hydrogens is 420 g/mol. The van der Waals surface area contributed by atoms with Gasteiger partial charge in [0.2, 0.25) is 11.1 Å². The van der Waals surface area contributed by atoms with Crippen molar-refractivity contribution in [1.29, 1.82) is 0 Å². The fraction of sp³-hybridized carbons (Fsp3) is 0.571. The number of hydrogen-bond donors (Lipinski definition) is 0. The van der Waals surface area contributed by atoms with Crippen LogP contribution in [0.1, 0.15) is 50.3 Å². The molecule has 1 atom stereocenters. The number of amides is 1. The van der Waals surface area contributed by atoms with E-state index < -0.39 is 9.84 Å². The second-order valence-electron chi connectivity index (χ2n) is 8.19. The van der Waals surface area contributed by atoms with Gasteiger partial charge in [-0.3, -0.25) is 4.79 Å². The Bertz CT molecular complexity index is 985. The molecular formula is C21H28N4O3S2. The minimum absolute atomic E-state index is 0.0621. The number of aromatic nitrogens is 3. The van der Waals surface area contributed by atoms with Gasteiger partial charge in [0.1, 0.15) is 5.82 Å². The van der Waals surface area contributed by atoms with E-state index in [0.717, 1.165) is 24.4 Å². The fourth-order valence-corrected chi connectivity index (χ4v) is 6.79. The number of hydrogen-bond acceptors (Lipinski definition) is 6. The molecule has 0 spiro atoms. The van der Waals surface area contributed by atoms with Crippen LogP contribution in [0.4, 0.5) is 0 Å². The molecule has 2 aliphatic rings. The molecule has 1 aromatic heterocycles. The highest BCUT2D eigenvalue weighted by atomic mass is 32.2. The van der Waals surface area contributed by atoms with Crippen LogP contribution in [0.2, 0.25) is 0 Å². The smallest absolute Gasteiger partial charge is 0.233 e. The Kier molecular flexibility index (Phi) is 6.48. The highest BCUT2D eigenvalue weighted by molar-refractivity contribution is 7.99. The number of rotatable bonds is 6. The van der Waals surface area contributed by atoms with Crippen molar-refractivity contribution in [3.8, 4) is 5.69 Å². The van der Waals surface area contributed by atoms with Gasteiger partial charge in [0.15, 0.2) is 9.84 Å². The molecule has 1 aromatic carbocycles. The van der Waals surface area contributed by atoms with Gasteiger partial charge < -0.3 is 4.90 Å². The zero-order chi connectivity index (χ0) is 21.1. The number of benzene rings is 1. The Labute approximate surface area is 182 Å². The third-order valence-corrected chi connectivity index (χ3v) is 8.63. The summed E-state index contributed by atoms with van der Waals surface area (Å²) in [5.74, 6) is 1.71. The normalized spacial score (nSPS) is 21.6. The lowest BCUT2D eigenvalue weighted by atomic mass is 9.88. The minimum Gasteiger partial charge on any atom is -0.341 e. The number of sulfone groups is 1. The van der Waals surface area contributed by atoms with Crippen molar-refractivity contribution in [2.45, 2.75) is 55.6 Å². The van der Waals surface area contributed by atoms with Crippen molar-refractivity contribution < 1.29 is 13.2 Å². The van der Waals surface area contributed by atoms with E-state index in [9.17, 15) is 13.2 Å². The van der Waals surface area contributed by atoms with Crippen LogP contribution in [0.5, 0.6) is 0 Å². The van der Waals surface area contributed by atoms with Gasteiger partial charge in [0.25, 0.3) is 0 Å². The minimum atomic E-state index is -3.02. The van der Waals surface area contributed by atoms with Gasteiger partial charge in [0.05, 0.1) is 22.9 Å². The lowest BCUT2D eigenvalue weighted by molar-refractivity contribution is -0.128. The zero-order valence-corrected chi connectivity index (χ0v) is 18.9. The molecule has 0 radical (unpaired) electrons. The Morgan fingerprint density at radius 2 is 1.90 bits per heavy atom. The molecule has 1 saturated carbocycles. The first-order chi connectivity index (χ1) is 14.4. The topological polar surface area (TPSA) is 85.2 Å². The van der Waals surface area contributed by atoms with Crippen LogP contribution in [0, 0.1) is 0 Å². The van der Waals surface area contributed by atoms with Gasteiger partial charge in [-0.25, -0.2) is 18.1 Å². The lowest BCUT2D eigenvalue weighted by Crippen LogP contribution is -2.38. The summed E-state index contributed by atoms with van der Waals surface area (Å²) in [6.45, 7) is 0. The fourth-order valence-electron chi connectivity index (χ4n) is 4.26. The summed E-state index contributed by atoms with van der Waals surface area (Å²) >= 11 is 1.33. The van der Waals surface area contributed by atoms with E-state index in [1.54, 1.807) is 11.9 Å². The molecule has 0 bridgehead atoms. The van der Waals surface area contributed by atoms with Gasteiger partial charge in [-0.15, -0.1) is 5.10 Å². The van der Waals surface area contributed by atoms with Crippen molar-refractivity contribution in [1.82, 2.24) is 19.7 Å². The van der Waals surface area contributed by atoms with Gasteiger partial charge in [0, 0.05) is 19.0 Å². The van der Waals surface area contributed by atoms with E-state index in [1.165, 1.54) is 31.0 Å². The van der Waals surface area contributed by atoms with Gasteiger partial charge >= 0.3 is 0 Å². The number of carbonyl (C=O) groups is 1. The zero-order valence-electron chi connectivity index (χ0n) is 17.2. The predicted octanol–water partition coefficient (Wildman–Crippen LogP) is 3.05. The van der Waals surface area contributed by atoms with E-state index in [2.05, 4.69) is 0 Å². The van der Waals surface area contributed by atoms with Crippen LogP contribution < -0.4 is 0 Å². The molecule has 1 amide bonds. The molecule has 2 heterocycles. The van der Waals surface area contributed by atoms with Crippen molar-refractivity contribution in [3.05, 3.63) is 36.2 Å². The van der Waals surface area contributed by atoms with Gasteiger partial charge in [-0.1, -0.05) is 49.2 Å². The molecule has 1 aliphatic heterocycles. The first-order valence-corrected chi connectivity index (χ1v) is 13.3. The summed E-state index contributed by atoms with van der Waals surface area (Å²) in [6, 6.07) is 9.78. The van der Waals surface area contributed by atoms with E-state index in [1.807, 2.05) is 35.0 Å². The third kappa shape index (κ3) is 4.88. The van der Waals surface area contributed by atoms with Crippen LogP contribution >= 0.6 is 11.8 Å². The maximum atomic E-state index is 12.6. The molecule has 0 unspecified atom stereocenters. The maximum absolute atomic E-state index is 12.6. The van der Waals surface area contributed by atoms with Crippen LogP contribution in [0.3, 0.4) is 0 Å². The number of carbonyl (C=O) groups excluding carboxylic acids is 1. The SMILES string of the molecule is CN(C(=O)CSc1nc(C2CCCCC2)n(-c2ccccc2)n1)[C@H]1CCS(=O)(=O)C1. The average Bonchev–Trinajstić information content (AvgIpc) is 3.36. The van der Waals surface area contributed by atoms with E-state index in [4.69, 9.17) is 10.1 Å². The largest absolute Gasteiger partial charge is 0.341 e. The molecule has 2 aromatic rings. The van der Waals surface area contributed by atoms with Crippen molar-refractivity contribution in [3.63, 3.8) is 0 Å². The standard InChI is InChI=1S/C21H28N4O3S2/c1-24(18-12-13-30(27,28)15-18)19(26)14-29-21-22-20(16-8-4-2-5-9-16)25(23-21)17-10-6-3-7-11-17/h3,6-7,10-11,16,18H,2,4-5,8-9,12-15H2,1H3/t18-/m0/s1. The third-order valence-electron chi connectivity index (χ3n) is 6.06. The molecule has 1 saturated heterocycles. The molecule has 162 valence electrons. The Hall–Kier alpha value is -1.87. The Morgan fingerprint density at radius 1 is 1.17 bits per heavy atom. The summed E-state index contributed by atoms with van der Waals surface area (Å²) in [5.41, 5.74) is 0.983. The predicted molar refractivity (Wildman–Crippen MR) is 118 cm³/mol. The van der Waals surface area contributed by atoms with E-state index in [0.29, 0.717) is 17.5 Å². The average molecular weight is 449 g/mol. The number of para-hydroxylation sites is 1. The quantitative estimate of drug-likeness (QED) is 0.632. The summed E-state index contributed by atoms with van der Waals surface area (Å²) in [5, 5.41) is 5.31. The molecule has 30 heavy (non-hydrogen) atoms. The first kappa shape index (κ1) is 21.4. The highest BCUT2D eigenvalue weighted by Gasteiger charge is 2.33. The lowest BCUT2D eigenvalue weighted by Gasteiger charge is -2.22. The van der Waals surface area contributed by atoms with Crippen LogP contribution in [-0.4, -0.2) is 64.3 Å². The summed E-state index contributed by atoms with van der Waals surface area (Å²) in [7, 11) is -1.32. The second kappa shape index (κ2) is 9.09. The van der Waals surface area contributed by atoms with Crippen LogP contribution in [-0.2, 0) is 14.6 Å². The monoisotopic (exact) mass is 448 g/mol. The second-order valence-corrected chi connectivity index (χ2v) is 11.4. The Morgan fingerprint density at radius 3 is 2.57 bits per heavy atom. The Balaban J connectivity index is 1.47. The van der Waals surface area contributed by atoms with Gasteiger partial charge in [-0.2, -0.15) is 0 Å². The highest BCUT2D eigenvalue weighted by Crippen LogP contribution is 2.33. The number of nitrogens with zero attached hydrogens (tertiary/aromatic N) is 4. The van der Waals surface area contributed by atoms with Crippen LogP contribution in [0.15, 0.2) is 35.5 Å². The van der Waals surface area contributed by atoms with Gasteiger partial charge in [-0.05, 0) is 31.4 Å². The maximum Gasteiger partial charge on any atom is 0.233 e. The molecule has 7 nitrogen and oxygen atoms in total. The summed E-state index contributed by atoms with van der Waals surface area (Å²) in [6.07, 6.45) is 6.45.